The second-order valence-corrected chi connectivity index (χ2v) is 6.51. The monoisotopic (exact) mass is 334 g/mol. The highest BCUT2D eigenvalue weighted by Gasteiger charge is 2.22. The zero-order valence-electron chi connectivity index (χ0n) is 14.2. The Hall–Kier alpha value is -2.48. The maximum Gasteiger partial charge on any atom is 0.326 e. The van der Waals surface area contributed by atoms with Crippen molar-refractivity contribution in [1.29, 1.82) is 0 Å². The van der Waals surface area contributed by atoms with Crippen molar-refractivity contribution >= 4 is 17.5 Å². The Morgan fingerprint density at radius 2 is 2.04 bits per heavy atom. The Morgan fingerprint density at radius 1 is 1.33 bits per heavy atom. The number of aryl methyl sites for hydroxylation is 1. The third kappa shape index (κ3) is 4.51. The van der Waals surface area contributed by atoms with E-state index in [0.29, 0.717) is 17.0 Å². The molecule has 2 aromatic rings. The molecule has 2 aromatic heterocycles. The number of hydrogen-bond acceptors (Lipinski definition) is 5. The van der Waals surface area contributed by atoms with Gasteiger partial charge in [-0.1, -0.05) is 0 Å². The van der Waals surface area contributed by atoms with Crippen molar-refractivity contribution in [2.45, 2.75) is 45.8 Å². The fourth-order valence-electron chi connectivity index (χ4n) is 2.12. The van der Waals surface area contributed by atoms with Gasteiger partial charge in [-0.05, 0) is 39.8 Å². The lowest BCUT2D eigenvalue weighted by Crippen LogP contribution is -2.42. The topological polar surface area (TPSA) is 106 Å². The lowest BCUT2D eigenvalue weighted by Gasteiger charge is -2.21. The second kappa shape index (κ2) is 6.96. The molecule has 0 aliphatic heterocycles. The minimum absolute atomic E-state index is 0.187. The van der Waals surface area contributed by atoms with Crippen molar-refractivity contribution in [3.05, 3.63) is 29.7 Å². The molecule has 0 bridgehead atoms. The molecule has 0 aromatic carbocycles. The Balaban J connectivity index is 2.05. The van der Waals surface area contributed by atoms with Crippen molar-refractivity contribution in [3.8, 4) is 0 Å². The van der Waals surface area contributed by atoms with E-state index in [-0.39, 0.29) is 18.6 Å². The van der Waals surface area contributed by atoms with E-state index in [1.165, 1.54) is 0 Å². The van der Waals surface area contributed by atoms with Crippen LogP contribution in [0, 0.1) is 6.92 Å². The van der Waals surface area contributed by atoms with Crippen LogP contribution >= 0.6 is 0 Å². The fraction of sp³-hybridized carbons (Fsp3) is 0.500. The van der Waals surface area contributed by atoms with Crippen LogP contribution in [-0.2, 0) is 9.53 Å². The average molecular weight is 334 g/mol. The maximum absolute atomic E-state index is 12.3. The van der Waals surface area contributed by atoms with Gasteiger partial charge in [-0.25, -0.2) is 4.79 Å². The lowest BCUT2D eigenvalue weighted by molar-refractivity contribution is -0.140. The van der Waals surface area contributed by atoms with Crippen molar-refractivity contribution in [3.63, 3.8) is 0 Å². The summed E-state index contributed by atoms with van der Waals surface area (Å²) in [4.78, 5) is 23.7. The second-order valence-electron chi connectivity index (χ2n) is 6.51. The molecule has 8 heteroatoms. The third-order valence-corrected chi connectivity index (χ3v) is 3.38. The van der Waals surface area contributed by atoms with Crippen LogP contribution in [-0.4, -0.2) is 49.8 Å². The van der Waals surface area contributed by atoms with E-state index in [1.54, 1.807) is 29.7 Å². The van der Waals surface area contributed by atoms with E-state index >= 15 is 0 Å². The van der Waals surface area contributed by atoms with Gasteiger partial charge in [0.25, 0.3) is 5.91 Å². The smallest absolute Gasteiger partial charge is 0.326 e. The number of nitrogens with zero attached hydrogens (tertiary/aromatic N) is 3. The normalized spacial score (nSPS) is 13.0. The Labute approximate surface area is 139 Å². The molecule has 0 fully saturated rings. The molecule has 2 rings (SSSR count). The SMILES string of the molecule is Cc1nnc2ccc(C(=O)NC(CCOC(C)(C)C)C(=O)O)cn12. The van der Waals surface area contributed by atoms with Gasteiger partial charge in [-0.2, -0.15) is 0 Å². The van der Waals surface area contributed by atoms with Gasteiger partial charge >= 0.3 is 5.97 Å². The van der Waals surface area contributed by atoms with Crippen molar-refractivity contribution in [2.24, 2.45) is 0 Å². The predicted molar refractivity (Wildman–Crippen MR) is 86.9 cm³/mol. The van der Waals surface area contributed by atoms with E-state index in [2.05, 4.69) is 15.5 Å². The summed E-state index contributed by atoms with van der Waals surface area (Å²) < 4.78 is 7.20. The summed E-state index contributed by atoms with van der Waals surface area (Å²) in [5.41, 5.74) is 0.607. The molecule has 1 atom stereocenters. The summed E-state index contributed by atoms with van der Waals surface area (Å²) in [7, 11) is 0. The van der Waals surface area contributed by atoms with Crippen LogP contribution in [0.25, 0.3) is 5.65 Å². The van der Waals surface area contributed by atoms with Crippen LogP contribution in [0.4, 0.5) is 0 Å². The Kier molecular flexibility index (Phi) is 5.18. The average Bonchev–Trinajstić information content (AvgIpc) is 2.85. The van der Waals surface area contributed by atoms with Crippen LogP contribution in [0.1, 0.15) is 43.4 Å². The quantitative estimate of drug-likeness (QED) is 0.828. The molecule has 0 radical (unpaired) electrons. The van der Waals surface area contributed by atoms with Gasteiger partial charge in [0.15, 0.2) is 5.65 Å². The number of aromatic nitrogens is 3. The molecule has 0 saturated heterocycles. The van der Waals surface area contributed by atoms with E-state index in [1.807, 2.05) is 20.8 Å². The highest BCUT2D eigenvalue weighted by Crippen LogP contribution is 2.10. The number of hydrogen-bond donors (Lipinski definition) is 2. The first-order valence-corrected chi connectivity index (χ1v) is 7.66. The molecular formula is C16H22N4O4. The maximum atomic E-state index is 12.3. The van der Waals surface area contributed by atoms with Gasteiger partial charge in [0.05, 0.1) is 11.2 Å². The standard InChI is InChI=1S/C16H22N4O4/c1-10-18-19-13-6-5-11(9-20(10)13)14(21)17-12(15(22)23)7-8-24-16(2,3)4/h5-6,9,12H,7-8H2,1-4H3,(H,17,21)(H,22,23). The zero-order valence-corrected chi connectivity index (χ0v) is 14.2. The molecule has 2 N–H and O–H groups in total. The summed E-state index contributed by atoms with van der Waals surface area (Å²) in [6, 6.07) is 2.23. The molecule has 24 heavy (non-hydrogen) atoms. The summed E-state index contributed by atoms with van der Waals surface area (Å²) in [6.45, 7) is 7.67. The molecule has 0 aliphatic carbocycles. The summed E-state index contributed by atoms with van der Waals surface area (Å²) >= 11 is 0. The molecule has 0 spiro atoms. The highest BCUT2D eigenvalue weighted by atomic mass is 16.5. The Morgan fingerprint density at radius 3 is 2.67 bits per heavy atom. The number of carbonyl (C=O) groups is 2. The fourth-order valence-corrected chi connectivity index (χ4v) is 2.12. The van der Waals surface area contributed by atoms with E-state index in [4.69, 9.17) is 4.74 Å². The third-order valence-electron chi connectivity index (χ3n) is 3.38. The first-order chi connectivity index (χ1) is 11.2. The number of carboxylic acids is 1. The van der Waals surface area contributed by atoms with Crippen LogP contribution in [0.15, 0.2) is 18.3 Å². The minimum Gasteiger partial charge on any atom is -0.480 e. The summed E-state index contributed by atoms with van der Waals surface area (Å²) in [5, 5.41) is 19.7. The summed E-state index contributed by atoms with van der Waals surface area (Å²) in [5.74, 6) is -0.913. The van der Waals surface area contributed by atoms with Crippen LogP contribution in [0.2, 0.25) is 0 Å². The molecule has 8 nitrogen and oxygen atoms in total. The van der Waals surface area contributed by atoms with E-state index in [0.717, 1.165) is 0 Å². The predicted octanol–water partition coefficient (Wildman–Crippen LogP) is 1.43. The number of rotatable bonds is 6. The van der Waals surface area contributed by atoms with Gasteiger partial charge in [-0.3, -0.25) is 9.20 Å². The molecule has 1 unspecified atom stereocenters. The molecule has 1 amide bonds. The zero-order chi connectivity index (χ0) is 17.9. The molecule has 130 valence electrons. The van der Waals surface area contributed by atoms with Crippen molar-refractivity contribution in [1.82, 2.24) is 19.9 Å². The number of fused-ring (bicyclic) bond motifs is 1. The van der Waals surface area contributed by atoms with Crippen molar-refractivity contribution in [2.75, 3.05) is 6.61 Å². The first-order valence-electron chi connectivity index (χ1n) is 7.66. The largest absolute Gasteiger partial charge is 0.480 e. The number of amides is 1. The number of carbonyl (C=O) groups excluding carboxylic acids is 1. The van der Waals surface area contributed by atoms with Gasteiger partial charge in [-0.15, -0.1) is 10.2 Å². The van der Waals surface area contributed by atoms with Crippen LogP contribution in [0.5, 0.6) is 0 Å². The van der Waals surface area contributed by atoms with Gasteiger partial charge in [0.1, 0.15) is 11.9 Å². The van der Waals surface area contributed by atoms with Gasteiger partial charge < -0.3 is 15.2 Å². The number of pyridine rings is 1. The van der Waals surface area contributed by atoms with E-state index < -0.39 is 17.9 Å². The van der Waals surface area contributed by atoms with E-state index in [9.17, 15) is 14.7 Å². The first kappa shape index (κ1) is 17.9. The molecule has 0 aliphatic rings. The lowest BCUT2D eigenvalue weighted by atomic mass is 10.1. The highest BCUT2D eigenvalue weighted by molar-refractivity contribution is 5.96. The van der Waals surface area contributed by atoms with Crippen LogP contribution in [0.3, 0.4) is 0 Å². The molecule has 2 heterocycles. The Bertz CT molecular complexity index is 748. The minimum atomic E-state index is -1.09. The number of ether oxygens (including phenoxy) is 1. The molecular weight excluding hydrogens is 312 g/mol. The number of carboxylic acid groups (broad SMARTS) is 1. The van der Waals surface area contributed by atoms with Crippen LogP contribution < -0.4 is 5.32 Å². The van der Waals surface area contributed by atoms with Gasteiger partial charge in [0, 0.05) is 19.2 Å². The number of nitrogens with one attached hydrogen (secondary N) is 1. The van der Waals surface area contributed by atoms with Crippen molar-refractivity contribution < 1.29 is 19.4 Å². The molecule has 0 saturated carbocycles. The van der Waals surface area contributed by atoms with Gasteiger partial charge in [0.2, 0.25) is 0 Å². The number of aliphatic carboxylic acids is 1. The summed E-state index contributed by atoms with van der Waals surface area (Å²) in [6.07, 6.45) is 1.77.